The number of imide groups is 1. The average Bonchev–Trinajstić information content (AvgIpc) is 2.85. The van der Waals surface area contributed by atoms with Gasteiger partial charge in [-0.25, -0.2) is 0 Å². The van der Waals surface area contributed by atoms with Crippen LogP contribution in [0.1, 0.15) is 26.2 Å². The van der Waals surface area contributed by atoms with Gasteiger partial charge >= 0.3 is 0 Å². The highest BCUT2D eigenvalue weighted by molar-refractivity contribution is 6.05. The van der Waals surface area contributed by atoms with Crippen LogP contribution >= 0.6 is 0 Å². The molecule has 0 radical (unpaired) electrons. The second kappa shape index (κ2) is 7.51. The zero-order chi connectivity index (χ0) is 17.8. The number of carbonyl (C=O) groups is 3. The van der Waals surface area contributed by atoms with Crippen molar-refractivity contribution in [2.45, 2.75) is 26.2 Å². The third-order valence-corrected chi connectivity index (χ3v) is 4.59. The van der Waals surface area contributed by atoms with Crippen molar-refractivity contribution in [3.8, 4) is 5.75 Å². The van der Waals surface area contributed by atoms with Gasteiger partial charge in [-0.2, -0.15) is 0 Å². The van der Waals surface area contributed by atoms with Gasteiger partial charge in [-0.3, -0.25) is 19.3 Å². The summed E-state index contributed by atoms with van der Waals surface area (Å²) in [7, 11) is 0. The zero-order valence-corrected chi connectivity index (χ0v) is 14.2. The molecule has 6 heteroatoms. The van der Waals surface area contributed by atoms with E-state index in [2.05, 4.69) is 5.32 Å². The highest BCUT2D eigenvalue weighted by atomic mass is 16.5. The van der Waals surface area contributed by atoms with Crippen LogP contribution in [0.4, 0.5) is 5.69 Å². The summed E-state index contributed by atoms with van der Waals surface area (Å²) in [6, 6.07) is 7.13. The Hall–Kier alpha value is -2.63. The van der Waals surface area contributed by atoms with E-state index in [0.717, 1.165) is 0 Å². The van der Waals surface area contributed by atoms with Crippen LogP contribution in [0.2, 0.25) is 0 Å². The summed E-state index contributed by atoms with van der Waals surface area (Å²) in [5.41, 5.74) is 0.632. The fraction of sp³-hybridized carbons (Fsp3) is 0.421. The van der Waals surface area contributed by atoms with E-state index in [1.54, 1.807) is 18.2 Å². The summed E-state index contributed by atoms with van der Waals surface area (Å²) >= 11 is 0. The largest absolute Gasteiger partial charge is 0.494 e. The number of rotatable bonds is 6. The van der Waals surface area contributed by atoms with E-state index in [1.165, 1.54) is 4.90 Å². The van der Waals surface area contributed by atoms with Gasteiger partial charge in [0.15, 0.2) is 0 Å². The van der Waals surface area contributed by atoms with Gasteiger partial charge < -0.3 is 10.1 Å². The standard InChI is InChI=1S/C19H22N2O4/c1-2-25-14-7-5-6-13(12-14)20-17(22)10-11-21-18(23)15-8-3-4-9-16(15)19(21)24/h3-7,12,15-16H,2,8-11H2,1H3,(H,20,22)/t15-,16+. The number of fused-ring (bicyclic) bond motifs is 1. The highest BCUT2D eigenvalue weighted by Crippen LogP contribution is 2.35. The first-order valence-corrected chi connectivity index (χ1v) is 8.63. The lowest BCUT2D eigenvalue weighted by atomic mass is 9.85. The molecule has 1 fully saturated rings. The Labute approximate surface area is 146 Å². The van der Waals surface area contributed by atoms with Crippen molar-refractivity contribution in [3.05, 3.63) is 36.4 Å². The second-order valence-corrected chi connectivity index (χ2v) is 6.24. The minimum atomic E-state index is -0.247. The van der Waals surface area contributed by atoms with Crippen LogP contribution in [0.3, 0.4) is 0 Å². The topological polar surface area (TPSA) is 75.7 Å². The molecule has 1 N–H and O–H groups in total. The van der Waals surface area contributed by atoms with Crippen molar-refractivity contribution >= 4 is 23.4 Å². The molecule has 3 rings (SSSR count). The van der Waals surface area contributed by atoms with Crippen LogP contribution in [-0.2, 0) is 14.4 Å². The third kappa shape index (κ3) is 3.73. The Morgan fingerprint density at radius 3 is 2.52 bits per heavy atom. The maximum absolute atomic E-state index is 12.4. The maximum atomic E-state index is 12.4. The summed E-state index contributed by atoms with van der Waals surface area (Å²) in [5, 5.41) is 2.78. The van der Waals surface area contributed by atoms with Gasteiger partial charge in [-0.1, -0.05) is 18.2 Å². The van der Waals surface area contributed by atoms with E-state index in [0.29, 0.717) is 30.9 Å². The van der Waals surface area contributed by atoms with Gasteiger partial charge in [0.05, 0.1) is 18.4 Å². The Kier molecular flexibility index (Phi) is 5.16. The number of anilines is 1. The number of nitrogens with one attached hydrogen (secondary N) is 1. The van der Waals surface area contributed by atoms with Crippen molar-refractivity contribution in [2.24, 2.45) is 11.8 Å². The molecule has 1 aromatic carbocycles. The van der Waals surface area contributed by atoms with Crippen LogP contribution in [0.25, 0.3) is 0 Å². The summed E-state index contributed by atoms with van der Waals surface area (Å²) in [5.74, 6) is -0.341. The van der Waals surface area contributed by atoms with E-state index < -0.39 is 0 Å². The first kappa shape index (κ1) is 17.2. The summed E-state index contributed by atoms with van der Waals surface area (Å²) in [6.07, 6.45) is 5.22. The van der Waals surface area contributed by atoms with Crippen LogP contribution in [0.5, 0.6) is 5.75 Å². The Morgan fingerprint density at radius 1 is 1.20 bits per heavy atom. The van der Waals surface area contributed by atoms with Crippen LogP contribution in [0, 0.1) is 11.8 Å². The maximum Gasteiger partial charge on any atom is 0.233 e. The van der Waals surface area contributed by atoms with E-state index in [1.807, 2.05) is 25.1 Å². The van der Waals surface area contributed by atoms with Crippen LogP contribution in [0.15, 0.2) is 36.4 Å². The Balaban J connectivity index is 1.55. The van der Waals surface area contributed by atoms with Crippen molar-refractivity contribution in [1.82, 2.24) is 4.90 Å². The van der Waals surface area contributed by atoms with Gasteiger partial charge in [-0.05, 0) is 31.9 Å². The predicted molar refractivity (Wildman–Crippen MR) is 92.9 cm³/mol. The van der Waals surface area contributed by atoms with Gasteiger partial charge in [0.25, 0.3) is 0 Å². The fourth-order valence-corrected chi connectivity index (χ4v) is 3.36. The number of benzene rings is 1. The molecule has 6 nitrogen and oxygen atoms in total. The molecule has 2 atom stereocenters. The summed E-state index contributed by atoms with van der Waals surface area (Å²) in [6.45, 7) is 2.57. The molecule has 3 amide bonds. The molecule has 2 aliphatic rings. The summed E-state index contributed by atoms with van der Waals surface area (Å²) in [4.78, 5) is 38.1. The lowest BCUT2D eigenvalue weighted by molar-refractivity contribution is -0.140. The van der Waals surface area contributed by atoms with E-state index in [-0.39, 0.29) is 42.5 Å². The van der Waals surface area contributed by atoms with Gasteiger partial charge in [-0.15, -0.1) is 0 Å². The molecule has 1 saturated heterocycles. The van der Waals surface area contributed by atoms with Crippen molar-refractivity contribution < 1.29 is 19.1 Å². The molecule has 0 spiro atoms. The first-order valence-electron chi connectivity index (χ1n) is 8.63. The quantitative estimate of drug-likeness (QED) is 0.636. The van der Waals surface area contributed by atoms with Crippen LogP contribution in [-0.4, -0.2) is 35.8 Å². The van der Waals surface area contributed by atoms with Crippen molar-refractivity contribution in [2.75, 3.05) is 18.5 Å². The number of allylic oxidation sites excluding steroid dienone is 2. The number of ether oxygens (including phenoxy) is 1. The van der Waals surface area contributed by atoms with E-state index in [4.69, 9.17) is 4.74 Å². The van der Waals surface area contributed by atoms with E-state index in [9.17, 15) is 14.4 Å². The number of hydrogen-bond donors (Lipinski definition) is 1. The molecule has 25 heavy (non-hydrogen) atoms. The van der Waals surface area contributed by atoms with Gasteiger partial charge in [0.1, 0.15) is 5.75 Å². The Bertz CT molecular complexity index is 687. The zero-order valence-electron chi connectivity index (χ0n) is 14.2. The lowest BCUT2D eigenvalue weighted by Crippen LogP contribution is -2.34. The number of likely N-dealkylation sites (tertiary alicyclic amines) is 1. The molecule has 1 aromatic rings. The number of carbonyl (C=O) groups excluding carboxylic acids is 3. The predicted octanol–water partition coefficient (Wildman–Crippen LogP) is 2.37. The molecule has 0 bridgehead atoms. The first-order chi connectivity index (χ1) is 12.1. The molecule has 0 saturated carbocycles. The number of amides is 3. The van der Waals surface area contributed by atoms with Gasteiger partial charge in [0, 0.05) is 24.7 Å². The smallest absolute Gasteiger partial charge is 0.233 e. The highest BCUT2D eigenvalue weighted by Gasteiger charge is 2.46. The second-order valence-electron chi connectivity index (χ2n) is 6.24. The van der Waals surface area contributed by atoms with Crippen molar-refractivity contribution in [1.29, 1.82) is 0 Å². The monoisotopic (exact) mass is 342 g/mol. The molecule has 1 aliphatic heterocycles. The molecule has 1 heterocycles. The Morgan fingerprint density at radius 2 is 1.88 bits per heavy atom. The SMILES string of the molecule is CCOc1cccc(NC(=O)CCN2C(=O)[C@H]3CC=CC[C@H]3C2=O)c1. The number of nitrogens with zero attached hydrogens (tertiary/aromatic N) is 1. The molecule has 0 aromatic heterocycles. The third-order valence-electron chi connectivity index (χ3n) is 4.59. The number of hydrogen-bond acceptors (Lipinski definition) is 4. The van der Waals surface area contributed by atoms with Crippen LogP contribution < -0.4 is 10.1 Å². The average molecular weight is 342 g/mol. The normalized spacial score (nSPS) is 22.0. The van der Waals surface area contributed by atoms with Gasteiger partial charge in [0.2, 0.25) is 17.7 Å². The molecule has 132 valence electrons. The molecular formula is C19H22N2O4. The molecular weight excluding hydrogens is 320 g/mol. The summed E-state index contributed by atoms with van der Waals surface area (Å²) < 4.78 is 5.40. The molecule has 0 unspecified atom stereocenters. The van der Waals surface area contributed by atoms with E-state index >= 15 is 0 Å². The minimum Gasteiger partial charge on any atom is -0.494 e. The fourth-order valence-electron chi connectivity index (χ4n) is 3.36. The van der Waals surface area contributed by atoms with Crippen molar-refractivity contribution in [3.63, 3.8) is 0 Å². The minimum absolute atomic E-state index is 0.0865. The lowest BCUT2D eigenvalue weighted by Gasteiger charge is -2.14. The molecule has 1 aliphatic carbocycles.